The highest BCUT2D eigenvalue weighted by molar-refractivity contribution is 7.89. The maximum absolute atomic E-state index is 13.4. The van der Waals surface area contributed by atoms with Gasteiger partial charge < -0.3 is 10.3 Å². The van der Waals surface area contributed by atoms with Crippen LogP contribution in [0.25, 0.3) is 0 Å². The van der Waals surface area contributed by atoms with Crippen LogP contribution in [-0.4, -0.2) is 18.0 Å². The molecule has 0 fully saturated rings. The largest absolute Gasteiger partial charge is 0.381 e. The van der Waals surface area contributed by atoms with Gasteiger partial charge in [-0.25, -0.2) is 26.9 Å². The number of nitrogens with one attached hydrogen (secondary N) is 1. The summed E-state index contributed by atoms with van der Waals surface area (Å²) in [5.41, 5.74) is 5.50. The molecule has 1 aromatic carbocycles. The molecule has 9 heteroatoms. The van der Waals surface area contributed by atoms with Crippen molar-refractivity contribution in [3.05, 3.63) is 41.7 Å². The molecule has 1 heterocycles. The highest BCUT2D eigenvalue weighted by atomic mass is 32.2. The Morgan fingerprint density at radius 3 is 2.65 bits per heavy atom. The standard InChI is InChI=1S/C11H12F2N4O2S/c1-17-6-15-10(14)11(17)20(18,19)16-5-7-2-3-8(12)4-9(7)13/h2-4,6,16H,5,14H2,1H3. The van der Waals surface area contributed by atoms with E-state index < -0.39 is 21.7 Å². The molecule has 0 aliphatic heterocycles. The second kappa shape index (κ2) is 5.17. The minimum atomic E-state index is -3.94. The Morgan fingerprint density at radius 2 is 2.10 bits per heavy atom. The summed E-state index contributed by atoms with van der Waals surface area (Å²) in [5, 5.41) is -0.208. The van der Waals surface area contributed by atoms with Crippen LogP contribution in [0.1, 0.15) is 5.56 Å². The molecule has 0 saturated carbocycles. The van der Waals surface area contributed by atoms with Crippen LogP contribution in [0, 0.1) is 11.6 Å². The van der Waals surface area contributed by atoms with Gasteiger partial charge in [-0.2, -0.15) is 0 Å². The van der Waals surface area contributed by atoms with Crippen LogP contribution in [0.5, 0.6) is 0 Å². The molecule has 0 amide bonds. The molecule has 0 radical (unpaired) electrons. The molecule has 3 N–H and O–H groups in total. The van der Waals surface area contributed by atoms with E-state index in [0.717, 1.165) is 6.07 Å². The topological polar surface area (TPSA) is 90.0 Å². The molecule has 0 spiro atoms. The Bertz CT molecular complexity index is 723. The summed E-state index contributed by atoms with van der Waals surface area (Å²) in [5.74, 6) is -1.71. The van der Waals surface area contributed by atoms with Crippen LogP contribution in [0.2, 0.25) is 0 Å². The number of anilines is 1. The van der Waals surface area contributed by atoms with Crippen LogP contribution < -0.4 is 10.5 Å². The van der Waals surface area contributed by atoms with E-state index in [1.165, 1.54) is 24.0 Å². The quantitative estimate of drug-likeness (QED) is 0.872. The number of rotatable bonds is 4. The van der Waals surface area contributed by atoms with Crippen molar-refractivity contribution < 1.29 is 17.2 Å². The van der Waals surface area contributed by atoms with Crippen molar-refractivity contribution in [1.29, 1.82) is 0 Å². The van der Waals surface area contributed by atoms with Crippen molar-refractivity contribution in [3.8, 4) is 0 Å². The maximum Gasteiger partial charge on any atom is 0.260 e. The summed E-state index contributed by atoms with van der Waals surface area (Å²) >= 11 is 0. The predicted molar refractivity (Wildman–Crippen MR) is 68.0 cm³/mol. The fourth-order valence-electron chi connectivity index (χ4n) is 1.67. The Kier molecular flexibility index (Phi) is 3.73. The fourth-order valence-corrected chi connectivity index (χ4v) is 2.91. The number of nitrogens with two attached hydrogens (primary N) is 1. The van der Waals surface area contributed by atoms with Gasteiger partial charge in [0.15, 0.2) is 10.8 Å². The van der Waals surface area contributed by atoms with E-state index in [2.05, 4.69) is 9.71 Å². The van der Waals surface area contributed by atoms with Crippen molar-refractivity contribution in [2.75, 3.05) is 5.73 Å². The van der Waals surface area contributed by atoms with Crippen LogP contribution >= 0.6 is 0 Å². The average molecular weight is 302 g/mol. The summed E-state index contributed by atoms with van der Waals surface area (Å²) in [4.78, 5) is 3.66. The van der Waals surface area contributed by atoms with Crippen LogP contribution in [0.3, 0.4) is 0 Å². The van der Waals surface area contributed by atoms with E-state index in [9.17, 15) is 17.2 Å². The molecule has 2 rings (SSSR count). The number of aryl methyl sites for hydroxylation is 1. The van der Waals surface area contributed by atoms with Crippen molar-refractivity contribution in [1.82, 2.24) is 14.3 Å². The van der Waals surface area contributed by atoms with E-state index in [4.69, 9.17) is 5.73 Å². The molecule has 0 aliphatic rings. The Balaban J connectivity index is 2.22. The fraction of sp³-hybridized carbons (Fsp3) is 0.182. The second-order valence-electron chi connectivity index (χ2n) is 4.11. The molecule has 20 heavy (non-hydrogen) atoms. The van der Waals surface area contributed by atoms with Gasteiger partial charge in [0.25, 0.3) is 10.0 Å². The lowest BCUT2D eigenvalue weighted by Gasteiger charge is -2.08. The summed E-state index contributed by atoms with van der Waals surface area (Å²) in [6, 6.07) is 2.90. The number of aromatic nitrogens is 2. The Labute approximate surface area is 114 Å². The Morgan fingerprint density at radius 1 is 1.40 bits per heavy atom. The minimum Gasteiger partial charge on any atom is -0.381 e. The van der Waals surface area contributed by atoms with Crippen LogP contribution in [-0.2, 0) is 23.6 Å². The van der Waals surface area contributed by atoms with Gasteiger partial charge in [0.05, 0.1) is 6.33 Å². The predicted octanol–water partition coefficient (Wildman–Crippen LogP) is 0.759. The minimum absolute atomic E-state index is 0.0238. The number of benzene rings is 1. The Hall–Kier alpha value is -2.00. The summed E-state index contributed by atoms with van der Waals surface area (Å²) < 4.78 is 53.7. The van der Waals surface area contributed by atoms with Crippen LogP contribution in [0.4, 0.5) is 14.6 Å². The summed E-state index contributed by atoms with van der Waals surface area (Å²) in [6.45, 7) is -0.320. The molecule has 0 saturated heterocycles. The molecule has 108 valence electrons. The highest BCUT2D eigenvalue weighted by Gasteiger charge is 2.22. The van der Waals surface area contributed by atoms with Crippen molar-refractivity contribution in [2.24, 2.45) is 7.05 Å². The van der Waals surface area contributed by atoms with Gasteiger partial charge in [0, 0.05) is 25.2 Å². The third-order valence-corrected chi connectivity index (χ3v) is 4.16. The van der Waals surface area contributed by atoms with Crippen molar-refractivity contribution in [3.63, 3.8) is 0 Å². The first-order valence-electron chi connectivity index (χ1n) is 5.51. The normalized spacial score (nSPS) is 11.8. The smallest absolute Gasteiger partial charge is 0.260 e. The van der Waals surface area contributed by atoms with E-state index in [1.807, 2.05) is 0 Å². The molecular formula is C11H12F2N4O2S. The molecular weight excluding hydrogens is 290 g/mol. The van der Waals surface area contributed by atoms with Gasteiger partial charge in [0.2, 0.25) is 0 Å². The molecule has 6 nitrogen and oxygen atoms in total. The SMILES string of the molecule is Cn1cnc(N)c1S(=O)(=O)NCc1ccc(F)cc1F. The zero-order chi connectivity index (χ0) is 14.9. The third kappa shape index (κ3) is 2.78. The first-order chi connectivity index (χ1) is 9.31. The molecule has 0 bridgehead atoms. The first kappa shape index (κ1) is 14.4. The average Bonchev–Trinajstić information content (AvgIpc) is 2.68. The highest BCUT2D eigenvalue weighted by Crippen LogP contribution is 2.16. The lowest BCUT2D eigenvalue weighted by molar-refractivity contribution is 0.558. The van der Waals surface area contributed by atoms with Crippen molar-refractivity contribution >= 4 is 15.8 Å². The second-order valence-corrected chi connectivity index (χ2v) is 5.79. The number of hydrogen-bond acceptors (Lipinski definition) is 4. The maximum atomic E-state index is 13.4. The summed E-state index contributed by atoms with van der Waals surface area (Å²) in [6.07, 6.45) is 1.25. The van der Waals surface area contributed by atoms with Gasteiger partial charge in [-0.3, -0.25) is 0 Å². The van der Waals surface area contributed by atoms with Crippen LogP contribution in [0.15, 0.2) is 29.6 Å². The van der Waals surface area contributed by atoms with E-state index in [-0.39, 0.29) is 23.0 Å². The molecule has 0 unspecified atom stereocenters. The number of hydrogen-bond donors (Lipinski definition) is 2. The number of imidazole rings is 1. The van der Waals surface area contributed by atoms with E-state index >= 15 is 0 Å². The van der Waals surface area contributed by atoms with E-state index in [1.54, 1.807) is 0 Å². The van der Waals surface area contributed by atoms with Gasteiger partial charge in [-0.1, -0.05) is 6.07 Å². The van der Waals surface area contributed by atoms with Gasteiger partial charge in [0.1, 0.15) is 11.6 Å². The zero-order valence-corrected chi connectivity index (χ0v) is 11.3. The van der Waals surface area contributed by atoms with Gasteiger partial charge in [-0.15, -0.1) is 0 Å². The third-order valence-electron chi connectivity index (χ3n) is 2.63. The lowest BCUT2D eigenvalue weighted by Crippen LogP contribution is -2.26. The molecule has 2 aromatic rings. The monoisotopic (exact) mass is 302 g/mol. The number of nitrogens with zero attached hydrogens (tertiary/aromatic N) is 2. The molecule has 0 aliphatic carbocycles. The summed E-state index contributed by atoms with van der Waals surface area (Å²) in [7, 11) is -2.47. The number of nitrogen functional groups attached to an aromatic ring is 1. The van der Waals surface area contributed by atoms with Gasteiger partial charge in [-0.05, 0) is 6.07 Å². The number of sulfonamides is 1. The molecule has 0 atom stereocenters. The van der Waals surface area contributed by atoms with Crippen molar-refractivity contribution in [2.45, 2.75) is 11.6 Å². The molecule has 1 aromatic heterocycles. The zero-order valence-electron chi connectivity index (χ0n) is 10.5. The first-order valence-corrected chi connectivity index (χ1v) is 7.00. The van der Waals surface area contributed by atoms with Gasteiger partial charge >= 0.3 is 0 Å². The number of halogens is 2. The lowest BCUT2D eigenvalue weighted by atomic mass is 10.2. The van der Waals surface area contributed by atoms with E-state index in [0.29, 0.717) is 6.07 Å².